The summed E-state index contributed by atoms with van der Waals surface area (Å²) >= 11 is 0. The lowest BCUT2D eigenvalue weighted by molar-refractivity contribution is 0.699. The lowest BCUT2D eigenvalue weighted by Gasteiger charge is -1.96. The van der Waals surface area contributed by atoms with Crippen molar-refractivity contribution in [1.29, 1.82) is 0 Å². The SMILES string of the molecule is C[C@H](N)c1ccn(C)n1. The molecule has 3 nitrogen and oxygen atoms in total. The molecular weight excluding hydrogens is 114 g/mol. The predicted molar refractivity (Wildman–Crippen MR) is 35.8 cm³/mol. The molecule has 3 heteroatoms. The fourth-order valence-corrected chi connectivity index (χ4v) is 0.676. The Balaban J connectivity index is 2.85. The fraction of sp³-hybridized carbons (Fsp3) is 0.500. The minimum absolute atomic E-state index is 0.0474. The summed E-state index contributed by atoms with van der Waals surface area (Å²) in [6, 6.07) is 1.97. The Morgan fingerprint density at radius 3 is 2.67 bits per heavy atom. The zero-order chi connectivity index (χ0) is 6.85. The molecule has 0 amide bonds. The van der Waals surface area contributed by atoms with E-state index in [0.29, 0.717) is 0 Å². The van der Waals surface area contributed by atoms with E-state index in [1.807, 2.05) is 26.2 Å². The van der Waals surface area contributed by atoms with Gasteiger partial charge in [0, 0.05) is 19.3 Å². The van der Waals surface area contributed by atoms with E-state index in [4.69, 9.17) is 5.73 Å². The molecule has 0 radical (unpaired) electrons. The van der Waals surface area contributed by atoms with Gasteiger partial charge in [-0.15, -0.1) is 0 Å². The second-order valence-corrected chi connectivity index (χ2v) is 2.20. The monoisotopic (exact) mass is 125 g/mol. The van der Waals surface area contributed by atoms with E-state index in [9.17, 15) is 0 Å². The first-order chi connectivity index (χ1) is 4.20. The number of rotatable bonds is 1. The van der Waals surface area contributed by atoms with Crippen molar-refractivity contribution < 1.29 is 0 Å². The van der Waals surface area contributed by atoms with E-state index in [2.05, 4.69) is 5.10 Å². The zero-order valence-corrected chi connectivity index (χ0v) is 5.70. The highest BCUT2D eigenvalue weighted by Gasteiger charge is 1.99. The summed E-state index contributed by atoms with van der Waals surface area (Å²) < 4.78 is 1.75. The zero-order valence-electron chi connectivity index (χ0n) is 5.70. The molecule has 1 aromatic rings. The van der Waals surface area contributed by atoms with Gasteiger partial charge in [0.15, 0.2) is 0 Å². The lowest BCUT2D eigenvalue weighted by atomic mass is 10.3. The van der Waals surface area contributed by atoms with Gasteiger partial charge in [0.25, 0.3) is 0 Å². The normalized spacial score (nSPS) is 13.7. The Morgan fingerprint density at radius 1 is 1.78 bits per heavy atom. The summed E-state index contributed by atoms with van der Waals surface area (Å²) in [4.78, 5) is 0. The molecule has 0 aliphatic heterocycles. The van der Waals surface area contributed by atoms with Crippen LogP contribution in [-0.4, -0.2) is 9.78 Å². The van der Waals surface area contributed by atoms with Gasteiger partial charge in [-0.25, -0.2) is 0 Å². The number of nitrogens with zero attached hydrogens (tertiary/aromatic N) is 2. The molecule has 1 aromatic heterocycles. The average molecular weight is 125 g/mol. The molecular formula is C6H11N3. The van der Waals surface area contributed by atoms with E-state index in [1.165, 1.54) is 0 Å². The summed E-state index contributed by atoms with van der Waals surface area (Å²) in [5, 5.41) is 4.10. The van der Waals surface area contributed by atoms with E-state index in [-0.39, 0.29) is 6.04 Å². The number of aryl methyl sites for hydroxylation is 1. The van der Waals surface area contributed by atoms with Crippen molar-refractivity contribution in [2.75, 3.05) is 0 Å². The molecule has 0 fully saturated rings. The molecule has 0 saturated heterocycles. The summed E-state index contributed by atoms with van der Waals surface area (Å²) in [5.41, 5.74) is 6.49. The van der Waals surface area contributed by atoms with Crippen molar-refractivity contribution >= 4 is 0 Å². The molecule has 50 valence electrons. The highest BCUT2D eigenvalue weighted by Crippen LogP contribution is 2.03. The van der Waals surface area contributed by atoms with Crippen molar-refractivity contribution in [3.63, 3.8) is 0 Å². The van der Waals surface area contributed by atoms with Crippen molar-refractivity contribution in [2.45, 2.75) is 13.0 Å². The first-order valence-corrected chi connectivity index (χ1v) is 2.95. The molecule has 0 aromatic carbocycles. The summed E-state index contributed by atoms with van der Waals surface area (Å²) in [6.45, 7) is 1.92. The standard InChI is InChI=1S/C6H11N3/c1-5(7)6-3-4-9(2)8-6/h3-5H,7H2,1-2H3/t5-/m0/s1. The minimum Gasteiger partial charge on any atom is -0.323 e. The molecule has 0 unspecified atom stereocenters. The van der Waals surface area contributed by atoms with Gasteiger partial charge in [0.1, 0.15) is 0 Å². The van der Waals surface area contributed by atoms with Crippen LogP contribution in [0.1, 0.15) is 18.7 Å². The van der Waals surface area contributed by atoms with Gasteiger partial charge in [-0.05, 0) is 13.0 Å². The number of hydrogen-bond donors (Lipinski definition) is 1. The molecule has 0 saturated carbocycles. The van der Waals surface area contributed by atoms with E-state index in [1.54, 1.807) is 4.68 Å². The Hall–Kier alpha value is -0.830. The topological polar surface area (TPSA) is 43.8 Å². The molecule has 0 aliphatic rings. The third-order valence-electron chi connectivity index (χ3n) is 1.20. The van der Waals surface area contributed by atoms with Crippen LogP contribution in [0, 0.1) is 0 Å². The molecule has 2 N–H and O–H groups in total. The third-order valence-corrected chi connectivity index (χ3v) is 1.20. The van der Waals surface area contributed by atoms with Crippen LogP contribution in [0.5, 0.6) is 0 Å². The average Bonchev–Trinajstić information content (AvgIpc) is 2.14. The van der Waals surface area contributed by atoms with Crippen LogP contribution in [-0.2, 0) is 7.05 Å². The molecule has 1 heterocycles. The molecule has 0 spiro atoms. The molecule has 9 heavy (non-hydrogen) atoms. The van der Waals surface area contributed by atoms with Crippen LogP contribution in [0.15, 0.2) is 12.3 Å². The summed E-state index contributed by atoms with van der Waals surface area (Å²) in [5.74, 6) is 0. The highest BCUT2D eigenvalue weighted by molar-refractivity contribution is 5.02. The minimum atomic E-state index is 0.0474. The maximum atomic E-state index is 5.55. The molecule has 1 atom stereocenters. The Morgan fingerprint density at radius 2 is 2.44 bits per heavy atom. The fourth-order valence-electron chi connectivity index (χ4n) is 0.676. The second kappa shape index (κ2) is 2.19. The van der Waals surface area contributed by atoms with Gasteiger partial charge in [0.05, 0.1) is 5.69 Å². The van der Waals surface area contributed by atoms with E-state index in [0.717, 1.165) is 5.69 Å². The van der Waals surface area contributed by atoms with Gasteiger partial charge >= 0.3 is 0 Å². The first kappa shape index (κ1) is 6.29. The predicted octanol–water partition coefficient (Wildman–Crippen LogP) is 0.440. The Bertz CT molecular complexity index is 190. The number of aromatic nitrogens is 2. The van der Waals surface area contributed by atoms with Crippen LogP contribution in [0.25, 0.3) is 0 Å². The third kappa shape index (κ3) is 1.29. The van der Waals surface area contributed by atoms with Crippen LogP contribution in [0.3, 0.4) is 0 Å². The van der Waals surface area contributed by atoms with Crippen molar-refractivity contribution in [3.05, 3.63) is 18.0 Å². The van der Waals surface area contributed by atoms with Crippen molar-refractivity contribution in [3.8, 4) is 0 Å². The smallest absolute Gasteiger partial charge is 0.0788 e. The van der Waals surface area contributed by atoms with E-state index < -0.39 is 0 Å². The van der Waals surface area contributed by atoms with Gasteiger partial charge < -0.3 is 5.73 Å². The van der Waals surface area contributed by atoms with Crippen LogP contribution in [0.2, 0.25) is 0 Å². The molecule has 1 rings (SSSR count). The highest BCUT2D eigenvalue weighted by atomic mass is 15.3. The lowest BCUT2D eigenvalue weighted by Crippen LogP contribution is -2.06. The largest absolute Gasteiger partial charge is 0.323 e. The van der Waals surface area contributed by atoms with Crippen LogP contribution in [0.4, 0.5) is 0 Å². The van der Waals surface area contributed by atoms with Gasteiger partial charge in [0.2, 0.25) is 0 Å². The Kier molecular flexibility index (Phi) is 1.53. The second-order valence-electron chi connectivity index (χ2n) is 2.20. The number of nitrogens with two attached hydrogens (primary N) is 1. The number of hydrogen-bond acceptors (Lipinski definition) is 2. The maximum absolute atomic E-state index is 5.55. The maximum Gasteiger partial charge on any atom is 0.0788 e. The van der Waals surface area contributed by atoms with Gasteiger partial charge in [-0.3, -0.25) is 4.68 Å². The summed E-state index contributed by atoms with van der Waals surface area (Å²) in [7, 11) is 1.88. The van der Waals surface area contributed by atoms with Crippen molar-refractivity contribution in [2.24, 2.45) is 12.8 Å². The summed E-state index contributed by atoms with van der Waals surface area (Å²) in [6.07, 6.45) is 1.89. The van der Waals surface area contributed by atoms with Crippen LogP contribution >= 0.6 is 0 Å². The van der Waals surface area contributed by atoms with E-state index >= 15 is 0 Å². The quantitative estimate of drug-likeness (QED) is 0.591. The van der Waals surface area contributed by atoms with Crippen LogP contribution < -0.4 is 5.73 Å². The first-order valence-electron chi connectivity index (χ1n) is 2.95. The molecule has 0 aliphatic carbocycles. The van der Waals surface area contributed by atoms with Gasteiger partial charge in [-0.1, -0.05) is 0 Å². The molecule has 0 bridgehead atoms. The Labute approximate surface area is 54.5 Å². The van der Waals surface area contributed by atoms with Gasteiger partial charge in [-0.2, -0.15) is 5.10 Å². The van der Waals surface area contributed by atoms with Crippen molar-refractivity contribution in [1.82, 2.24) is 9.78 Å².